The van der Waals surface area contributed by atoms with E-state index in [9.17, 15) is 0 Å². The van der Waals surface area contributed by atoms with Crippen molar-refractivity contribution in [1.29, 1.82) is 0 Å². The quantitative estimate of drug-likeness (QED) is 0.903. The third kappa shape index (κ3) is 2.43. The number of nitrogens with one attached hydrogen (secondary N) is 1. The summed E-state index contributed by atoms with van der Waals surface area (Å²) in [5.74, 6) is 0. The van der Waals surface area contributed by atoms with Gasteiger partial charge in [0, 0.05) is 25.2 Å². The van der Waals surface area contributed by atoms with Crippen molar-refractivity contribution >= 4 is 5.57 Å². The fraction of sp³-hybridized carbons (Fsp3) is 0.556. The molecule has 2 nitrogen and oxygen atoms in total. The number of hydrogen-bond acceptors (Lipinski definition) is 2. The summed E-state index contributed by atoms with van der Waals surface area (Å²) in [7, 11) is 0. The van der Waals surface area contributed by atoms with E-state index in [-0.39, 0.29) is 0 Å². The van der Waals surface area contributed by atoms with Gasteiger partial charge in [0.05, 0.1) is 0 Å². The zero-order chi connectivity index (χ0) is 13.4. The molecular formula is C18H24N2. The van der Waals surface area contributed by atoms with Crippen LogP contribution in [0, 0.1) is 0 Å². The van der Waals surface area contributed by atoms with Crippen LogP contribution < -0.4 is 5.32 Å². The third-order valence-corrected chi connectivity index (χ3v) is 5.04. The monoisotopic (exact) mass is 268 g/mol. The highest BCUT2D eigenvalue weighted by molar-refractivity contribution is 5.74. The van der Waals surface area contributed by atoms with Crippen LogP contribution in [0.3, 0.4) is 0 Å². The largest absolute Gasteiger partial charge is 0.315 e. The zero-order valence-electron chi connectivity index (χ0n) is 12.1. The van der Waals surface area contributed by atoms with Gasteiger partial charge in [-0.05, 0) is 55.3 Å². The Morgan fingerprint density at radius 1 is 1.10 bits per heavy atom. The second kappa shape index (κ2) is 5.34. The molecule has 1 saturated carbocycles. The highest BCUT2D eigenvalue weighted by Gasteiger charge is 2.35. The Bertz CT molecular complexity index is 510. The van der Waals surface area contributed by atoms with Gasteiger partial charge < -0.3 is 5.32 Å². The summed E-state index contributed by atoms with van der Waals surface area (Å²) in [6.07, 6.45) is 9.11. The van der Waals surface area contributed by atoms with Crippen molar-refractivity contribution in [2.24, 2.45) is 0 Å². The average molecular weight is 268 g/mol. The molecule has 1 aliphatic heterocycles. The Morgan fingerprint density at radius 3 is 2.80 bits per heavy atom. The Morgan fingerprint density at radius 2 is 2.00 bits per heavy atom. The van der Waals surface area contributed by atoms with Crippen LogP contribution in [-0.2, 0) is 6.42 Å². The van der Waals surface area contributed by atoms with Gasteiger partial charge in [-0.25, -0.2) is 0 Å². The maximum absolute atomic E-state index is 3.58. The molecule has 1 saturated heterocycles. The van der Waals surface area contributed by atoms with Gasteiger partial charge in [-0.1, -0.05) is 30.3 Å². The summed E-state index contributed by atoms with van der Waals surface area (Å²) < 4.78 is 0. The SMILES string of the molecule is C1=C(CN(C2CC2)C2CCCNC2)c2ccccc2C1. The van der Waals surface area contributed by atoms with Crippen LogP contribution in [0.5, 0.6) is 0 Å². The number of fused-ring (bicyclic) bond motifs is 1. The summed E-state index contributed by atoms with van der Waals surface area (Å²) in [6.45, 7) is 3.56. The first-order chi connectivity index (χ1) is 9.92. The molecule has 1 N–H and O–H groups in total. The molecule has 1 heterocycles. The van der Waals surface area contributed by atoms with Crippen molar-refractivity contribution in [3.05, 3.63) is 41.5 Å². The summed E-state index contributed by atoms with van der Waals surface area (Å²) in [5, 5.41) is 3.58. The molecule has 20 heavy (non-hydrogen) atoms. The fourth-order valence-corrected chi connectivity index (χ4v) is 3.78. The van der Waals surface area contributed by atoms with E-state index in [1.54, 1.807) is 5.57 Å². The molecule has 0 bridgehead atoms. The lowest BCUT2D eigenvalue weighted by Gasteiger charge is -2.35. The van der Waals surface area contributed by atoms with Crippen LogP contribution in [0.1, 0.15) is 36.8 Å². The van der Waals surface area contributed by atoms with E-state index in [0.29, 0.717) is 0 Å². The van der Waals surface area contributed by atoms with E-state index in [2.05, 4.69) is 40.6 Å². The van der Waals surface area contributed by atoms with Gasteiger partial charge in [0.15, 0.2) is 0 Å². The Labute approximate surface area is 121 Å². The second-order valence-electron chi connectivity index (χ2n) is 6.49. The number of nitrogens with zero attached hydrogens (tertiary/aromatic N) is 1. The summed E-state index contributed by atoms with van der Waals surface area (Å²) in [4.78, 5) is 2.79. The van der Waals surface area contributed by atoms with Crippen molar-refractivity contribution in [2.75, 3.05) is 19.6 Å². The Kier molecular flexibility index (Phi) is 3.37. The average Bonchev–Trinajstić information content (AvgIpc) is 3.27. The van der Waals surface area contributed by atoms with Gasteiger partial charge in [0.25, 0.3) is 0 Å². The van der Waals surface area contributed by atoms with Gasteiger partial charge in [0.1, 0.15) is 0 Å². The molecule has 4 rings (SSSR count). The molecule has 1 aromatic carbocycles. The van der Waals surface area contributed by atoms with Gasteiger partial charge in [-0.2, -0.15) is 0 Å². The van der Waals surface area contributed by atoms with E-state index in [0.717, 1.165) is 25.0 Å². The Hall–Kier alpha value is -1.12. The lowest BCUT2D eigenvalue weighted by molar-refractivity contribution is 0.177. The first-order valence-electron chi connectivity index (χ1n) is 8.15. The number of benzene rings is 1. The standard InChI is InChI=1S/C18H24N2/c1-2-6-18-14(4-1)7-8-15(18)13-20(16-9-10-16)17-5-3-11-19-12-17/h1-2,4,6,8,16-17,19H,3,5,7,9-13H2. The van der Waals surface area contributed by atoms with Crippen molar-refractivity contribution in [3.63, 3.8) is 0 Å². The lowest BCUT2D eigenvalue weighted by atomic mass is 10.0. The highest BCUT2D eigenvalue weighted by atomic mass is 15.2. The predicted octanol–water partition coefficient (Wildman–Crippen LogP) is 2.84. The predicted molar refractivity (Wildman–Crippen MR) is 83.7 cm³/mol. The molecule has 106 valence electrons. The molecule has 2 aliphatic carbocycles. The van der Waals surface area contributed by atoms with E-state index < -0.39 is 0 Å². The molecule has 0 amide bonds. The normalized spacial score (nSPS) is 25.6. The first kappa shape index (κ1) is 12.6. The number of rotatable bonds is 4. The molecule has 0 radical (unpaired) electrons. The van der Waals surface area contributed by atoms with E-state index in [4.69, 9.17) is 0 Å². The molecule has 0 aromatic heterocycles. The van der Waals surface area contributed by atoms with E-state index in [1.165, 1.54) is 49.9 Å². The maximum atomic E-state index is 3.58. The van der Waals surface area contributed by atoms with Crippen molar-refractivity contribution in [1.82, 2.24) is 10.2 Å². The van der Waals surface area contributed by atoms with Gasteiger partial charge in [-0.3, -0.25) is 4.90 Å². The number of allylic oxidation sites excluding steroid dienone is 1. The summed E-state index contributed by atoms with van der Waals surface area (Å²) in [5.41, 5.74) is 4.58. The Balaban J connectivity index is 1.51. The van der Waals surface area contributed by atoms with Crippen molar-refractivity contribution < 1.29 is 0 Å². The minimum absolute atomic E-state index is 0.755. The van der Waals surface area contributed by atoms with Crippen molar-refractivity contribution in [3.8, 4) is 0 Å². The van der Waals surface area contributed by atoms with Crippen LogP contribution in [0.25, 0.3) is 5.57 Å². The van der Waals surface area contributed by atoms with Crippen LogP contribution in [0.2, 0.25) is 0 Å². The van der Waals surface area contributed by atoms with E-state index >= 15 is 0 Å². The maximum Gasteiger partial charge on any atom is 0.0243 e. The van der Waals surface area contributed by atoms with E-state index in [1.807, 2.05) is 0 Å². The highest BCUT2D eigenvalue weighted by Crippen LogP contribution is 2.35. The van der Waals surface area contributed by atoms with Crippen LogP contribution in [0.15, 0.2) is 30.3 Å². The van der Waals surface area contributed by atoms with Crippen molar-refractivity contribution in [2.45, 2.75) is 44.2 Å². The molecule has 0 spiro atoms. The number of piperidine rings is 1. The van der Waals surface area contributed by atoms with Gasteiger partial charge >= 0.3 is 0 Å². The molecular weight excluding hydrogens is 244 g/mol. The third-order valence-electron chi connectivity index (χ3n) is 5.04. The number of hydrogen-bond donors (Lipinski definition) is 1. The topological polar surface area (TPSA) is 15.3 Å². The molecule has 1 unspecified atom stereocenters. The molecule has 2 fully saturated rings. The second-order valence-corrected chi connectivity index (χ2v) is 6.49. The zero-order valence-corrected chi connectivity index (χ0v) is 12.1. The molecule has 1 aromatic rings. The smallest absolute Gasteiger partial charge is 0.0243 e. The fourth-order valence-electron chi connectivity index (χ4n) is 3.78. The molecule has 2 heteroatoms. The molecule has 1 atom stereocenters. The van der Waals surface area contributed by atoms with Crippen LogP contribution in [-0.4, -0.2) is 36.6 Å². The molecule has 3 aliphatic rings. The van der Waals surface area contributed by atoms with Crippen LogP contribution in [0.4, 0.5) is 0 Å². The lowest BCUT2D eigenvalue weighted by Crippen LogP contribution is -2.47. The van der Waals surface area contributed by atoms with Gasteiger partial charge in [0.2, 0.25) is 0 Å². The van der Waals surface area contributed by atoms with Gasteiger partial charge in [-0.15, -0.1) is 0 Å². The summed E-state index contributed by atoms with van der Waals surface area (Å²) in [6, 6.07) is 10.5. The minimum atomic E-state index is 0.755. The first-order valence-corrected chi connectivity index (χ1v) is 8.15. The minimum Gasteiger partial charge on any atom is -0.315 e. The summed E-state index contributed by atoms with van der Waals surface area (Å²) >= 11 is 0. The van der Waals surface area contributed by atoms with Crippen LogP contribution >= 0.6 is 0 Å².